The van der Waals surface area contributed by atoms with E-state index < -0.39 is 0 Å². The lowest BCUT2D eigenvalue weighted by Crippen LogP contribution is -2.48. The number of rotatable bonds is 5. The molecule has 0 aliphatic heterocycles. The van der Waals surface area contributed by atoms with Gasteiger partial charge in [-0.25, -0.2) is 0 Å². The molecule has 0 fully saturated rings. The summed E-state index contributed by atoms with van der Waals surface area (Å²) >= 11 is 0. The number of benzene rings is 1. The van der Waals surface area contributed by atoms with Crippen LogP contribution in [-0.2, 0) is 6.42 Å². The summed E-state index contributed by atoms with van der Waals surface area (Å²) in [5.74, 6) is 2.31. The fraction of sp³-hybridized carbons (Fsp3) is 0.562. The number of nitrogens with one attached hydrogen (secondary N) is 2. The van der Waals surface area contributed by atoms with Crippen LogP contribution < -0.4 is 20.1 Å². The molecule has 0 atom stereocenters. The first kappa shape index (κ1) is 17.1. The standard InChI is InChI=1S/C16H27N3O2/c1-16(2,3)19-15(17-4)18-10-9-12-7-8-13(20-5)14(11-12)21-6/h7-8,11H,9-10H2,1-6H3,(H2,17,18,19). The first-order valence-electron chi connectivity index (χ1n) is 7.09. The summed E-state index contributed by atoms with van der Waals surface area (Å²) in [7, 11) is 5.06. The predicted molar refractivity (Wildman–Crippen MR) is 87.5 cm³/mol. The number of hydrogen-bond donors (Lipinski definition) is 2. The van der Waals surface area contributed by atoms with Crippen LogP contribution in [0.5, 0.6) is 11.5 Å². The molecule has 2 N–H and O–H groups in total. The second-order valence-corrected chi connectivity index (χ2v) is 5.81. The minimum atomic E-state index is -0.00875. The number of hydrogen-bond acceptors (Lipinski definition) is 3. The van der Waals surface area contributed by atoms with Gasteiger partial charge in [-0.05, 0) is 44.9 Å². The van der Waals surface area contributed by atoms with Gasteiger partial charge in [-0.3, -0.25) is 4.99 Å². The van der Waals surface area contributed by atoms with Crippen LogP contribution in [0.15, 0.2) is 23.2 Å². The molecule has 0 radical (unpaired) electrons. The van der Waals surface area contributed by atoms with Crippen molar-refractivity contribution in [3.05, 3.63) is 23.8 Å². The molecule has 1 aromatic carbocycles. The quantitative estimate of drug-likeness (QED) is 0.645. The van der Waals surface area contributed by atoms with E-state index in [1.807, 2.05) is 18.2 Å². The third-order valence-electron chi connectivity index (χ3n) is 2.87. The van der Waals surface area contributed by atoms with Gasteiger partial charge in [-0.2, -0.15) is 0 Å². The van der Waals surface area contributed by atoms with Gasteiger partial charge >= 0.3 is 0 Å². The van der Waals surface area contributed by atoms with E-state index >= 15 is 0 Å². The van der Waals surface area contributed by atoms with Crippen LogP contribution in [0.1, 0.15) is 26.3 Å². The van der Waals surface area contributed by atoms with E-state index in [0.717, 1.165) is 30.4 Å². The number of ether oxygens (including phenoxy) is 2. The van der Waals surface area contributed by atoms with E-state index in [0.29, 0.717) is 0 Å². The van der Waals surface area contributed by atoms with Crippen molar-refractivity contribution in [2.75, 3.05) is 27.8 Å². The third kappa shape index (κ3) is 5.94. The Kier molecular flexibility index (Phi) is 6.34. The van der Waals surface area contributed by atoms with Gasteiger partial charge < -0.3 is 20.1 Å². The minimum absolute atomic E-state index is 0.00875. The van der Waals surface area contributed by atoms with Gasteiger partial charge in [0.25, 0.3) is 0 Å². The molecule has 1 aromatic rings. The molecule has 0 aliphatic rings. The van der Waals surface area contributed by atoms with Gasteiger partial charge in [0, 0.05) is 19.1 Å². The second kappa shape index (κ2) is 7.76. The zero-order valence-corrected chi connectivity index (χ0v) is 13.9. The SMILES string of the molecule is CN=C(NCCc1ccc(OC)c(OC)c1)NC(C)(C)C. The molecule has 21 heavy (non-hydrogen) atoms. The van der Waals surface area contributed by atoms with Gasteiger partial charge in [-0.1, -0.05) is 6.07 Å². The lowest BCUT2D eigenvalue weighted by atomic mass is 10.1. The average molecular weight is 293 g/mol. The second-order valence-electron chi connectivity index (χ2n) is 5.81. The Labute approximate surface area is 127 Å². The van der Waals surface area contributed by atoms with Crippen molar-refractivity contribution < 1.29 is 9.47 Å². The molecular weight excluding hydrogens is 266 g/mol. The molecule has 0 aromatic heterocycles. The van der Waals surface area contributed by atoms with Crippen molar-refractivity contribution in [1.82, 2.24) is 10.6 Å². The van der Waals surface area contributed by atoms with E-state index in [1.165, 1.54) is 5.56 Å². The molecule has 1 rings (SSSR count). The number of methoxy groups -OCH3 is 2. The Morgan fingerprint density at radius 3 is 2.33 bits per heavy atom. The monoisotopic (exact) mass is 293 g/mol. The molecule has 0 spiro atoms. The zero-order chi connectivity index (χ0) is 15.9. The largest absolute Gasteiger partial charge is 0.493 e. The number of guanidine groups is 1. The maximum atomic E-state index is 5.31. The molecule has 118 valence electrons. The molecule has 0 unspecified atom stereocenters. The van der Waals surface area contributed by atoms with Crippen molar-refractivity contribution in [1.29, 1.82) is 0 Å². The lowest BCUT2D eigenvalue weighted by Gasteiger charge is -2.23. The van der Waals surface area contributed by atoms with Crippen LogP contribution in [0.3, 0.4) is 0 Å². The van der Waals surface area contributed by atoms with Crippen molar-refractivity contribution >= 4 is 5.96 Å². The van der Waals surface area contributed by atoms with Gasteiger partial charge in [0.1, 0.15) is 0 Å². The minimum Gasteiger partial charge on any atom is -0.493 e. The molecule has 0 heterocycles. The summed E-state index contributed by atoms with van der Waals surface area (Å²) in [6, 6.07) is 5.97. The fourth-order valence-corrected chi connectivity index (χ4v) is 1.90. The van der Waals surface area contributed by atoms with Crippen LogP contribution in [-0.4, -0.2) is 39.3 Å². The Bertz CT molecular complexity index is 479. The topological polar surface area (TPSA) is 54.9 Å². The molecule has 0 saturated heterocycles. The molecule has 5 heteroatoms. The summed E-state index contributed by atoms with van der Waals surface area (Å²) in [5, 5.41) is 6.63. The molecule has 0 amide bonds. The summed E-state index contributed by atoms with van der Waals surface area (Å²) < 4.78 is 10.5. The lowest BCUT2D eigenvalue weighted by molar-refractivity contribution is 0.354. The molecule has 5 nitrogen and oxygen atoms in total. The Balaban J connectivity index is 2.56. The highest BCUT2D eigenvalue weighted by molar-refractivity contribution is 5.80. The number of nitrogens with zero attached hydrogens (tertiary/aromatic N) is 1. The van der Waals surface area contributed by atoms with Crippen LogP contribution in [0.4, 0.5) is 0 Å². The highest BCUT2D eigenvalue weighted by atomic mass is 16.5. The van der Waals surface area contributed by atoms with Crippen molar-refractivity contribution in [2.45, 2.75) is 32.7 Å². The molecule has 0 saturated carbocycles. The highest BCUT2D eigenvalue weighted by Crippen LogP contribution is 2.27. The normalized spacial score (nSPS) is 12.0. The average Bonchev–Trinajstić information content (AvgIpc) is 2.44. The Morgan fingerprint density at radius 1 is 1.14 bits per heavy atom. The van der Waals surface area contributed by atoms with E-state index in [-0.39, 0.29) is 5.54 Å². The highest BCUT2D eigenvalue weighted by Gasteiger charge is 2.11. The maximum Gasteiger partial charge on any atom is 0.191 e. The first-order valence-corrected chi connectivity index (χ1v) is 7.09. The summed E-state index contributed by atoms with van der Waals surface area (Å²) in [6.07, 6.45) is 0.880. The zero-order valence-electron chi connectivity index (χ0n) is 13.9. The van der Waals surface area contributed by atoms with E-state index in [1.54, 1.807) is 21.3 Å². The third-order valence-corrected chi connectivity index (χ3v) is 2.87. The fourth-order valence-electron chi connectivity index (χ4n) is 1.90. The van der Waals surface area contributed by atoms with Gasteiger partial charge in [-0.15, -0.1) is 0 Å². The smallest absolute Gasteiger partial charge is 0.191 e. The van der Waals surface area contributed by atoms with Crippen LogP contribution >= 0.6 is 0 Å². The summed E-state index contributed by atoms with van der Waals surface area (Å²) in [5.41, 5.74) is 1.18. The van der Waals surface area contributed by atoms with Crippen LogP contribution in [0.2, 0.25) is 0 Å². The van der Waals surface area contributed by atoms with E-state index in [9.17, 15) is 0 Å². The number of aliphatic imine (C=N–C) groups is 1. The maximum absolute atomic E-state index is 5.31. The van der Waals surface area contributed by atoms with E-state index in [4.69, 9.17) is 9.47 Å². The first-order chi connectivity index (χ1) is 9.89. The van der Waals surface area contributed by atoms with Crippen molar-refractivity contribution in [3.63, 3.8) is 0 Å². The summed E-state index contributed by atoms with van der Waals surface area (Å²) in [4.78, 5) is 4.22. The van der Waals surface area contributed by atoms with Crippen LogP contribution in [0, 0.1) is 0 Å². The van der Waals surface area contributed by atoms with E-state index in [2.05, 4.69) is 36.4 Å². The molecule has 0 bridgehead atoms. The Hall–Kier alpha value is -1.91. The van der Waals surface area contributed by atoms with Crippen molar-refractivity contribution in [3.8, 4) is 11.5 Å². The Morgan fingerprint density at radius 2 is 1.81 bits per heavy atom. The summed E-state index contributed by atoms with van der Waals surface area (Å²) in [6.45, 7) is 7.11. The van der Waals surface area contributed by atoms with Crippen molar-refractivity contribution in [2.24, 2.45) is 4.99 Å². The van der Waals surface area contributed by atoms with Gasteiger partial charge in [0.05, 0.1) is 14.2 Å². The molecule has 0 aliphatic carbocycles. The predicted octanol–water partition coefficient (Wildman–Crippen LogP) is 2.21. The van der Waals surface area contributed by atoms with Gasteiger partial charge in [0.2, 0.25) is 0 Å². The van der Waals surface area contributed by atoms with Gasteiger partial charge in [0.15, 0.2) is 17.5 Å². The van der Waals surface area contributed by atoms with Crippen LogP contribution in [0.25, 0.3) is 0 Å². The molecular formula is C16H27N3O2.